The predicted octanol–water partition coefficient (Wildman–Crippen LogP) is 5.27. The van der Waals surface area contributed by atoms with Crippen molar-refractivity contribution in [2.75, 3.05) is 0 Å². The van der Waals surface area contributed by atoms with Gasteiger partial charge in [-0.2, -0.15) is 0 Å². The first-order chi connectivity index (χ1) is 12.6. The van der Waals surface area contributed by atoms with Gasteiger partial charge in [0.25, 0.3) is 0 Å². The number of aliphatic imine (C=N–C) groups is 2. The summed E-state index contributed by atoms with van der Waals surface area (Å²) in [6.07, 6.45) is 9.22. The molecule has 0 amide bonds. The summed E-state index contributed by atoms with van der Waals surface area (Å²) in [6, 6.07) is 1.87. The van der Waals surface area contributed by atoms with E-state index in [4.69, 9.17) is 16.6 Å². The molecule has 1 N–H and O–H groups in total. The minimum atomic E-state index is 0.522. The van der Waals surface area contributed by atoms with E-state index in [1.165, 1.54) is 24.8 Å². The molecule has 0 spiro atoms. The van der Waals surface area contributed by atoms with Crippen molar-refractivity contribution in [1.82, 2.24) is 15.0 Å². The van der Waals surface area contributed by atoms with Crippen molar-refractivity contribution in [3.05, 3.63) is 52.1 Å². The van der Waals surface area contributed by atoms with Crippen LogP contribution >= 0.6 is 11.6 Å². The number of aromatic amines is 1. The zero-order valence-electron chi connectivity index (χ0n) is 14.9. The quantitative estimate of drug-likeness (QED) is 0.507. The van der Waals surface area contributed by atoms with Crippen molar-refractivity contribution in [2.45, 2.75) is 39.0 Å². The lowest BCUT2D eigenvalue weighted by atomic mass is 9.79. The number of nitrogens with zero attached hydrogens (tertiary/aromatic N) is 4. The molecule has 4 rings (SSSR count). The second kappa shape index (κ2) is 6.65. The van der Waals surface area contributed by atoms with E-state index in [0.717, 1.165) is 33.5 Å². The molecule has 0 aromatic carbocycles. The Kier molecular flexibility index (Phi) is 4.32. The summed E-state index contributed by atoms with van der Waals surface area (Å²) in [5.74, 6) is 1.13. The molecule has 1 aliphatic rings. The largest absolute Gasteiger partial charge is 0.342 e. The van der Waals surface area contributed by atoms with Crippen molar-refractivity contribution < 1.29 is 0 Å². The van der Waals surface area contributed by atoms with Crippen LogP contribution in [0.3, 0.4) is 0 Å². The highest BCUT2D eigenvalue weighted by atomic mass is 35.5. The Labute approximate surface area is 157 Å². The Morgan fingerprint density at radius 1 is 1.31 bits per heavy atom. The summed E-state index contributed by atoms with van der Waals surface area (Å²) < 4.78 is 0. The molecule has 0 atom stereocenters. The third-order valence-electron chi connectivity index (χ3n) is 5.20. The molecule has 0 saturated heterocycles. The first-order valence-electron chi connectivity index (χ1n) is 8.73. The summed E-state index contributed by atoms with van der Waals surface area (Å²) in [5.41, 5.74) is 5.68. The zero-order chi connectivity index (χ0) is 18.3. The Balaban J connectivity index is 1.85. The average Bonchev–Trinajstić information content (AvgIpc) is 2.89. The van der Waals surface area contributed by atoms with Crippen molar-refractivity contribution in [3.63, 3.8) is 0 Å². The number of fused-ring (bicyclic) bond motifs is 1. The van der Waals surface area contributed by atoms with Crippen LogP contribution in [-0.4, -0.2) is 27.5 Å². The molecule has 26 heavy (non-hydrogen) atoms. The van der Waals surface area contributed by atoms with E-state index in [-0.39, 0.29) is 0 Å². The van der Waals surface area contributed by atoms with E-state index in [1.807, 2.05) is 19.2 Å². The lowest BCUT2D eigenvalue weighted by Crippen LogP contribution is -2.10. The van der Waals surface area contributed by atoms with Crippen molar-refractivity contribution >= 4 is 40.9 Å². The number of aromatic nitrogens is 3. The summed E-state index contributed by atoms with van der Waals surface area (Å²) in [6.45, 7) is 7.74. The minimum Gasteiger partial charge on any atom is -0.342 e. The number of hydrogen-bond acceptors (Lipinski definition) is 3. The van der Waals surface area contributed by atoms with Crippen LogP contribution in [0, 0.1) is 13.8 Å². The van der Waals surface area contributed by atoms with Crippen LogP contribution in [-0.2, 0) is 0 Å². The molecule has 1 aliphatic carbocycles. The van der Waals surface area contributed by atoms with E-state index in [1.54, 1.807) is 12.4 Å². The number of nitrogens with one attached hydrogen (secondary N) is 1. The van der Waals surface area contributed by atoms with Crippen LogP contribution in [0.25, 0.3) is 11.0 Å². The number of H-pyrrole nitrogens is 1. The van der Waals surface area contributed by atoms with Gasteiger partial charge >= 0.3 is 0 Å². The maximum absolute atomic E-state index is 6.47. The predicted molar refractivity (Wildman–Crippen MR) is 107 cm³/mol. The van der Waals surface area contributed by atoms with Crippen molar-refractivity contribution in [2.24, 2.45) is 9.98 Å². The molecule has 6 heteroatoms. The topological polar surface area (TPSA) is 66.3 Å². The van der Waals surface area contributed by atoms with Crippen LogP contribution in [0.1, 0.15) is 47.6 Å². The van der Waals surface area contributed by atoms with Crippen LogP contribution in [0.4, 0.5) is 5.69 Å². The van der Waals surface area contributed by atoms with Crippen molar-refractivity contribution in [3.8, 4) is 0 Å². The summed E-state index contributed by atoms with van der Waals surface area (Å²) >= 11 is 6.47. The summed E-state index contributed by atoms with van der Waals surface area (Å²) in [5, 5.41) is 1.45. The first-order valence-corrected chi connectivity index (χ1v) is 9.11. The highest BCUT2D eigenvalue weighted by Crippen LogP contribution is 2.39. The van der Waals surface area contributed by atoms with Crippen LogP contribution in [0.5, 0.6) is 0 Å². The van der Waals surface area contributed by atoms with Gasteiger partial charge in [-0.25, -0.2) is 15.0 Å². The van der Waals surface area contributed by atoms with Gasteiger partial charge in [-0.3, -0.25) is 4.98 Å². The molecule has 3 heterocycles. The fourth-order valence-corrected chi connectivity index (χ4v) is 3.69. The molecule has 0 radical (unpaired) electrons. The highest BCUT2D eigenvalue weighted by molar-refractivity contribution is 6.37. The van der Waals surface area contributed by atoms with Gasteiger partial charge in [-0.15, -0.1) is 0 Å². The number of halogens is 1. The number of rotatable bonds is 3. The molecule has 5 nitrogen and oxygen atoms in total. The molecule has 1 fully saturated rings. The van der Waals surface area contributed by atoms with Crippen molar-refractivity contribution in [1.29, 1.82) is 0 Å². The molecular weight excluding hydrogens is 346 g/mol. The van der Waals surface area contributed by atoms with Gasteiger partial charge in [0, 0.05) is 29.0 Å². The van der Waals surface area contributed by atoms with Gasteiger partial charge in [0.15, 0.2) is 5.84 Å². The molecule has 1 saturated carbocycles. The molecule has 0 unspecified atom stereocenters. The Morgan fingerprint density at radius 2 is 2.12 bits per heavy atom. The third kappa shape index (κ3) is 2.72. The molecule has 0 bridgehead atoms. The van der Waals surface area contributed by atoms with E-state index in [0.29, 0.717) is 16.8 Å². The van der Waals surface area contributed by atoms with Gasteiger partial charge in [0.1, 0.15) is 5.65 Å². The van der Waals surface area contributed by atoms with Crippen LogP contribution < -0.4 is 0 Å². The Morgan fingerprint density at radius 3 is 2.81 bits per heavy atom. The molecule has 3 aromatic heterocycles. The second-order valence-electron chi connectivity index (χ2n) is 6.74. The van der Waals surface area contributed by atoms with Gasteiger partial charge in [-0.1, -0.05) is 18.0 Å². The number of aryl methyl sites for hydroxylation is 1. The van der Waals surface area contributed by atoms with Gasteiger partial charge in [0.05, 0.1) is 16.9 Å². The lowest BCUT2D eigenvalue weighted by Gasteiger charge is -2.27. The fraction of sp³-hybridized carbons (Fsp3) is 0.300. The zero-order valence-corrected chi connectivity index (χ0v) is 15.6. The summed E-state index contributed by atoms with van der Waals surface area (Å²) in [4.78, 5) is 20.9. The monoisotopic (exact) mass is 365 g/mol. The molecule has 0 aliphatic heterocycles. The smallest absolute Gasteiger partial charge is 0.160 e. The normalized spacial score (nSPS) is 15.3. The number of pyridine rings is 2. The van der Waals surface area contributed by atoms with Gasteiger partial charge < -0.3 is 4.98 Å². The molecule has 3 aromatic rings. The fourth-order valence-electron chi connectivity index (χ4n) is 3.45. The number of hydrogen-bond donors (Lipinski definition) is 1. The van der Waals surface area contributed by atoms with E-state index < -0.39 is 0 Å². The lowest BCUT2D eigenvalue weighted by molar-refractivity contribution is 0.417. The van der Waals surface area contributed by atoms with E-state index in [9.17, 15) is 0 Å². The molecule has 132 valence electrons. The first kappa shape index (κ1) is 16.9. The van der Waals surface area contributed by atoms with E-state index in [2.05, 4.69) is 33.6 Å². The highest BCUT2D eigenvalue weighted by Gasteiger charge is 2.23. The third-order valence-corrected chi connectivity index (χ3v) is 5.67. The number of amidine groups is 1. The maximum atomic E-state index is 6.47. The minimum absolute atomic E-state index is 0.522. The standard InChI is InChI=1S/C20H20ClN5/c1-11-15(13-5-4-6-13)9-23-10-16(11)26-19(22-3)14-7-8-24-20-17(14)18(21)12(2)25-20/h7-10,13H,3-6H2,1-2H3,(H,24,25). The molecular formula is C20H20ClN5. The SMILES string of the molecule is C=NC(=Nc1cncc(C2CCC2)c1C)c1ccnc2[nH]c(C)c(Cl)c12. The maximum Gasteiger partial charge on any atom is 0.160 e. The summed E-state index contributed by atoms with van der Waals surface area (Å²) in [7, 11) is 0. The van der Waals surface area contributed by atoms with E-state index >= 15 is 0 Å². The Bertz CT molecular complexity index is 1030. The van der Waals surface area contributed by atoms with Crippen LogP contribution in [0.2, 0.25) is 5.02 Å². The van der Waals surface area contributed by atoms with Crippen LogP contribution in [0.15, 0.2) is 34.6 Å². The Hall–Kier alpha value is -2.53. The van der Waals surface area contributed by atoms with Gasteiger partial charge in [0.2, 0.25) is 0 Å². The average molecular weight is 366 g/mol. The second-order valence-corrected chi connectivity index (χ2v) is 7.12. The van der Waals surface area contributed by atoms with Gasteiger partial charge in [-0.05, 0) is 56.5 Å².